The van der Waals surface area contributed by atoms with E-state index in [0.717, 1.165) is 0 Å². The topological polar surface area (TPSA) is 26.3 Å². The van der Waals surface area contributed by atoms with E-state index in [0.29, 0.717) is 18.4 Å². The summed E-state index contributed by atoms with van der Waals surface area (Å²) >= 11 is 11.6. The summed E-state index contributed by atoms with van der Waals surface area (Å²) in [6, 6.07) is 7.63. The maximum absolute atomic E-state index is 12.6. The summed E-state index contributed by atoms with van der Waals surface area (Å²) in [4.78, 5) is 10.9. The number of halogens is 5. The van der Waals surface area contributed by atoms with Gasteiger partial charge in [-0.2, -0.15) is 13.2 Å². The number of benzene rings is 2. The Hall–Kier alpha value is -1.72. The number of rotatable bonds is 3. The van der Waals surface area contributed by atoms with Crippen LogP contribution in [0.15, 0.2) is 36.4 Å². The Bertz CT molecular complexity index is 661. The van der Waals surface area contributed by atoms with E-state index >= 15 is 0 Å². The van der Waals surface area contributed by atoms with Gasteiger partial charge in [0.1, 0.15) is 5.75 Å². The molecule has 0 N–H and O–H groups in total. The van der Waals surface area contributed by atoms with Crippen LogP contribution in [0.1, 0.15) is 15.9 Å². The summed E-state index contributed by atoms with van der Waals surface area (Å²) in [5.74, 6) is 0.0108. The summed E-state index contributed by atoms with van der Waals surface area (Å²) < 4.78 is 43.2. The molecule has 0 aliphatic carbocycles. The zero-order valence-electron chi connectivity index (χ0n) is 10.2. The van der Waals surface area contributed by atoms with Crippen molar-refractivity contribution in [2.75, 3.05) is 0 Å². The van der Waals surface area contributed by atoms with Gasteiger partial charge in [0, 0.05) is 0 Å². The van der Waals surface area contributed by atoms with Gasteiger partial charge in [-0.3, -0.25) is 4.79 Å². The quantitative estimate of drug-likeness (QED) is 0.681. The largest absolute Gasteiger partial charge is 0.453 e. The van der Waals surface area contributed by atoms with Crippen LogP contribution < -0.4 is 4.74 Å². The standard InChI is InChI=1S/C14H7Cl2F3O2/c15-10-5-9(14(17,18)19)6-11(16)13(10)21-12-4-2-1-3-8(12)7-20/h1-7H. The lowest BCUT2D eigenvalue weighted by atomic mass is 10.2. The second-order valence-corrected chi connectivity index (χ2v) is 4.84. The minimum atomic E-state index is -4.56. The van der Waals surface area contributed by atoms with Gasteiger partial charge in [0.15, 0.2) is 12.0 Å². The summed E-state index contributed by atoms with van der Waals surface area (Å²) in [7, 11) is 0. The third-order valence-corrected chi connectivity index (χ3v) is 3.15. The van der Waals surface area contributed by atoms with Crippen LogP contribution >= 0.6 is 23.2 Å². The number of carbonyl (C=O) groups is 1. The van der Waals surface area contributed by atoms with Crippen molar-refractivity contribution >= 4 is 29.5 Å². The van der Waals surface area contributed by atoms with Crippen LogP contribution in [0.4, 0.5) is 13.2 Å². The molecule has 0 bridgehead atoms. The Labute approximate surface area is 128 Å². The Morgan fingerprint density at radius 1 is 1.05 bits per heavy atom. The van der Waals surface area contributed by atoms with Crippen LogP contribution in [-0.4, -0.2) is 6.29 Å². The molecule has 0 aliphatic heterocycles. The first kappa shape index (κ1) is 15.7. The van der Waals surface area contributed by atoms with Gasteiger partial charge < -0.3 is 4.74 Å². The van der Waals surface area contributed by atoms with Gasteiger partial charge in [-0.1, -0.05) is 35.3 Å². The Morgan fingerprint density at radius 2 is 1.62 bits per heavy atom. The Morgan fingerprint density at radius 3 is 2.14 bits per heavy atom. The molecule has 2 rings (SSSR count). The highest BCUT2D eigenvalue weighted by molar-refractivity contribution is 6.37. The number of hydrogen-bond acceptors (Lipinski definition) is 2. The van der Waals surface area contributed by atoms with Crippen molar-refractivity contribution in [3.8, 4) is 11.5 Å². The molecule has 2 nitrogen and oxygen atoms in total. The van der Waals surface area contributed by atoms with Crippen molar-refractivity contribution < 1.29 is 22.7 Å². The van der Waals surface area contributed by atoms with Gasteiger partial charge in [-0.15, -0.1) is 0 Å². The second kappa shape index (κ2) is 5.95. The van der Waals surface area contributed by atoms with Gasteiger partial charge in [0.2, 0.25) is 0 Å². The molecule has 0 amide bonds. The lowest BCUT2D eigenvalue weighted by Crippen LogP contribution is -2.05. The number of alkyl halides is 3. The van der Waals surface area contributed by atoms with Crippen LogP contribution in [0.3, 0.4) is 0 Å². The molecule has 7 heteroatoms. The number of hydrogen-bond donors (Lipinski definition) is 0. The Kier molecular flexibility index (Phi) is 4.44. The number of carbonyl (C=O) groups excluding carboxylic acids is 1. The van der Waals surface area contributed by atoms with Crippen molar-refractivity contribution in [3.63, 3.8) is 0 Å². The third-order valence-electron chi connectivity index (χ3n) is 2.58. The molecular weight excluding hydrogens is 328 g/mol. The SMILES string of the molecule is O=Cc1ccccc1Oc1c(Cl)cc(C(F)(F)F)cc1Cl. The summed E-state index contributed by atoms with van der Waals surface area (Å²) in [6.45, 7) is 0. The van der Waals surface area contributed by atoms with E-state index in [1.54, 1.807) is 12.1 Å². The normalized spacial score (nSPS) is 11.3. The molecule has 0 fully saturated rings. The van der Waals surface area contributed by atoms with Gasteiger partial charge in [0.05, 0.1) is 21.2 Å². The molecule has 0 spiro atoms. The molecule has 2 aromatic rings. The number of aldehydes is 1. The minimum absolute atomic E-state index is 0.138. The maximum Gasteiger partial charge on any atom is 0.416 e. The predicted octanol–water partition coefficient (Wildman–Crippen LogP) is 5.62. The molecule has 0 radical (unpaired) electrons. The smallest absolute Gasteiger partial charge is 0.416 e. The molecule has 0 heterocycles. The fraction of sp³-hybridized carbons (Fsp3) is 0.0714. The minimum Gasteiger partial charge on any atom is -0.453 e. The van der Waals surface area contributed by atoms with E-state index in [-0.39, 0.29) is 27.1 Å². The fourth-order valence-electron chi connectivity index (χ4n) is 1.60. The first-order chi connectivity index (χ1) is 9.82. The van der Waals surface area contributed by atoms with E-state index in [1.165, 1.54) is 12.1 Å². The van der Waals surface area contributed by atoms with Crippen molar-refractivity contribution in [1.29, 1.82) is 0 Å². The van der Waals surface area contributed by atoms with Crippen LogP contribution in [0, 0.1) is 0 Å². The lowest BCUT2D eigenvalue weighted by Gasteiger charge is -2.14. The van der Waals surface area contributed by atoms with Crippen LogP contribution in [0.5, 0.6) is 11.5 Å². The molecule has 110 valence electrons. The van der Waals surface area contributed by atoms with E-state index in [1.807, 2.05) is 0 Å². The molecule has 0 aromatic heterocycles. The van der Waals surface area contributed by atoms with Crippen LogP contribution in [-0.2, 0) is 6.18 Å². The van der Waals surface area contributed by atoms with Crippen molar-refractivity contribution in [2.24, 2.45) is 0 Å². The second-order valence-electron chi connectivity index (χ2n) is 4.02. The van der Waals surface area contributed by atoms with Crippen molar-refractivity contribution in [3.05, 3.63) is 57.6 Å². The van der Waals surface area contributed by atoms with E-state index < -0.39 is 11.7 Å². The number of para-hydroxylation sites is 1. The zero-order valence-corrected chi connectivity index (χ0v) is 11.8. The summed E-state index contributed by atoms with van der Waals surface area (Å²) in [5, 5.41) is -0.592. The molecule has 0 aliphatic rings. The van der Waals surface area contributed by atoms with Gasteiger partial charge in [-0.25, -0.2) is 0 Å². The third kappa shape index (κ3) is 3.49. The van der Waals surface area contributed by atoms with E-state index in [2.05, 4.69) is 0 Å². The van der Waals surface area contributed by atoms with Gasteiger partial charge in [-0.05, 0) is 24.3 Å². The van der Waals surface area contributed by atoms with Crippen LogP contribution in [0.2, 0.25) is 10.0 Å². The molecule has 0 unspecified atom stereocenters. The van der Waals surface area contributed by atoms with Crippen molar-refractivity contribution in [1.82, 2.24) is 0 Å². The Balaban J connectivity index is 2.44. The summed E-state index contributed by atoms with van der Waals surface area (Å²) in [5.41, 5.74) is -0.752. The molecule has 0 saturated carbocycles. The van der Waals surface area contributed by atoms with Gasteiger partial charge >= 0.3 is 6.18 Å². The van der Waals surface area contributed by atoms with Crippen LogP contribution in [0.25, 0.3) is 0 Å². The maximum atomic E-state index is 12.6. The average Bonchev–Trinajstić information content (AvgIpc) is 2.42. The van der Waals surface area contributed by atoms with E-state index in [4.69, 9.17) is 27.9 Å². The monoisotopic (exact) mass is 334 g/mol. The average molecular weight is 335 g/mol. The zero-order chi connectivity index (χ0) is 15.6. The molecule has 2 aromatic carbocycles. The number of ether oxygens (including phenoxy) is 1. The first-order valence-corrected chi connectivity index (χ1v) is 6.37. The van der Waals surface area contributed by atoms with E-state index in [9.17, 15) is 18.0 Å². The molecule has 0 atom stereocenters. The highest BCUT2D eigenvalue weighted by Gasteiger charge is 2.32. The van der Waals surface area contributed by atoms with Crippen molar-refractivity contribution in [2.45, 2.75) is 6.18 Å². The molecule has 21 heavy (non-hydrogen) atoms. The lowest BCUT2D eigenvalue weighted by molar-refractivity contribution is -0.137. The first-order valence-electron chi connectivity index (χ1n) is 5.61. The molecular formula is C14H7Cl2F3O2. The highest BCUT2D eigenvalue weighted by Crippen LogP contribution is 2.41. The molecule has 0 saturated heterocycles. The summed E-state index contributed by atoms with van der Waals surface area (Å²) in [6.07, 6.45) is -4.01. The predicted molar refractivity (Wildman–Crippen MR) is 73.4 cm³/mol. The highest BCUT2D eigenvalue weighted by atomic mass is 35.5. The fourth-order valence-corrected chi connectivity index (χ4v) is 2.17. The van der Waals surface area contributed by atoms with Gasteiger partial charge in [0.25, 0.3) is 0 Å².